The standard InChI is InChI=1S/C28H27ClN2O8/c1-35-19-12-20(36-2)18(29)11-17(19)25(32)23-24(16-9-21(37-3)27(39-5)22(10-16)38-4)31(28(34)26(23)33)14-15-7-6-8-30-13-15/h6-13,24,32H,14H2,1-5H3/b25-23+. The first-order valence-corrected chi connectivity index (χ1v) is 12.1. The minimum Gasteiger partial charge on any atom is -0.507 e. The maximum atomic E-state index is 13.5. The van der Waals surface area contributed by atoms with Gasteiger partial charge in [0.15, 0.2) is 11.5 Å². The highest BCUT2D eigenvalue weighted by atomic mass is 35.5. The van der Waals surface area contributed by atoms with Crippen LogP contribution < -0.4 is 23.7 Å². The average Bonchev–Trinajstić information content (AvgIpc) is 3.21. The number of rotatable bonds is 9. The molecule has 1 unspecified atom stereocenters. The minimum atomic E-state index is -1.04. The van der Waals surface area contributed by atoms with E-state index >= 15 is 0 Å². The molecule has 1 aromatic heterocycles. The van der Waals surface area contributed by atoms with Gasteiger partial charge in [0.1, 0.15) is 17.3 Å². The second kappa shape index (κ2) is 11.5. The summed E-state index contributed by atoms with van der Waals surface area (Å²) in [4.78, 5) is 32.4. The molecule has 39 heavy (non-hydrogen) atoms. The lowest BCUT2D eigenvalue weighted by Crippen LogP contribution is -2.29. The number of hydrogen-bond acceptors (Lipinski definition) is 9. The van der Waals surface area contributed by atoms with Gasteiger partial charge in [-0.25, -0.2) is 0 Å². The van der Waals surface area contributed by atoms with Crippen molar-refractivity contribution < 1.29 is 38.4 Å². The van der Waals surface area contributed by atoms with Crippen molar-refractivity contribution >= 4 is 29.1 Å². The molecular weight excluding hydrogens is 528 g/mol. The normalized spacial score (nSPS) is 16.3. The number of nitrogens with zero attached hydrogens (tertiary/aromatic N) is 2. The number of halogens is 1. The largest absolute Gasteiger partial charge is 0.507 e. The number of Topliss-reactive ketones (excluding diaryl/α,β-unsaturated/α-hetero) is 1. The van der Waals surface area contributed by atoms with Crippen molar-refractivity contribution in [3.05, 3.63) is 76.1 Å². The van der Waals surface area contributed by atoms with Gasteiger partial charge in [0, 0.05) is 25.0 Å². The molecule has 0 saturated carbocycles. The monoisotopic (exact) mass is 554 g/mol. The van der Waals surface area contributed by atoms with Crippen LogP contribution in [-0.4, -0.2) is 62.2 Å². The maximum Gasteiger partial charge on any atom is 0.295 e. The number of ether oxygens (including phenoxy) is 5. The van der Waals surface area contributed by atoms with Crippen molar-refractivity contribution in [3.8, 4) is 28.7 Å². The molecule has 0 spiro atoms. The summed E-state index contributed by atoms with van der Waals surface area (Å²) >= 11 is 6.35. The van der Waals surface area contributed by atoms with Crippen LogP contribution in [0.2, 0.25) is 5.02 Å². The fourth-order valence-electron chi connectivity index (χ4n) is 4.53. The van der Waals surface area contributed by atoms with E-state index in [0.29, 0.717) is 34.1 Å². The minimum absolute atomic E-state index is 0.0387. The van der Waals surface area contributed by atoms with Crippen molar-refractivity contribution in [2.45, 2.75) is 12.6 Å². The van der Waals surface area contributed by atoms with Gasteiger partial charge < -0.3 is 33.7 Å². The molecule has 204 valence electrons. The van der Waals surface area contributed by atoms with E-state index in [1.165, 1.54) is 52.6 Å². The Morgan fingerprint density at radius 2 is 1.56 bits per heavy atom. The lowest BCUT2D eigenvalue weighted by molar-refractivity contribution is -0.140. The fourth-order valence-corrected chi connectivity index (χ4v) is 4.77. The first-order chi connectivity index (χ1) is 18.8. The molecule has 10 nitrogen and oxygen atoms in total. The Morgan fingerprint density at radius 1 is 0.923 bits per heavy atom. The molecule has 0 radical (unpaired) electrons. The molecule has 0 bridgehead atoms. The number of aromatic nitrogens is 1. The number of methoxy groups -OCH3 is 5. The number of aliphatic hydroxyl groups excluding tert-OH is 1. The van der Waals surface area contributed by atoms with Crippen LogP contribution in [-0.2, 0) is 16.1 Å². The third-order valence-electron chi connectivity index (χ3n) is 6.35. The summed E-state index contributed by atoms with van der Waals surface area (Å²) in [5, 5.41) is 11.8. The van der Waals surface area contributed by atoms with Crippen LogP contribution >= 0.6 is 11.6 Å². The number of aliphatic hydroxyl groups is 1. The van der Waals surface area contributed by atoms with E-state index in [1.807, 2.05) is 0 Å². The second-order valence-electron chi connectivity index (χ2n) is 8.43. The van der Waals surface area contributed by atoms with Gasteiger partial charge >= 0.3 is 0 Å². The fraction of sp³-hybridized carbons (Fsp3) is 0.250. The molecule has 3 aromatic rings. The van der Waals surface area contributed by atoms with E-state index in [-0.39, 0.29) is 28.5 Å². The van der Waals surface area contributed by atoms with Gasteiger partial charge in [0.2, 0.25) is 5.75 Å². The molecule has 1 aliphatic heterocycles. The number of ketones is 1. The number of carbonyl (C=O) groups excluding carboxylic acids is 2. The molecule has 1 N–H and O–H groups in total. The zero-order chi connectivity index (χ0) is 28.3. The molecular formula is C28H27ClN2O8. The van der Waals surface area contributed by atoms with Crippen molar-refractivity contribution in [2.24, 2.45) is 0 Å². The molecule has 1 saturated heterocycles. The lowest BCUT2D eigenvalue weighted by Gasteiger charge is -2.26. The first kappa shape index (κ1) is 27.6. The molecule has 2 aromatic carbocycles. The van der Waals surface area contributed by atoms with E-state index in [0.717, 1.165) is 0 Å². The Bertz CT molecular complexity index is 1420. The number of carbonyl (C=O) groups is 2. The van der Waals surface area contributed by atoms with Crippen LogP contribution in [0.1, 0.15) is 22.7 Å². The molecule has 2 heterocycles. The van der Waals surface area contributed by atoms with Crippen molar-refractivity contribution in [2.75, 3.05) is 35.5 Å². The highest BCUT2D eigenvalue weighted by molar-refractivity contribution is 6.46. The predicted octanol–water partition coefficient (Wildman–Crippen LogP) is 4.40. The third kappa shape index (κ3) is 5.03. The van der Waals surface area contributed by atoms with Gasteiger partial charge in [-0.05, 0) is 35.4 Å². The smallest absolute Gasteiger partial charge is 0.295 e. The summed E-state index contributed by atoms with van der Waals surface area (Å²) < 4.78 is 27.2. The van der Waals surface area contributed by atoms with E-state index in [1.54, 1.807) is 36.7 Å². The Hall–Kier alpha value is -4.44. The lowest BCUT2D eigenvalue weighted by atomic mass is 9.94. The zero-order valence-corrected chi connectivity index (χ0v) is 22.7. The van der Waals surface area contributed by atoms with Crippen LogP contribution in [0.4, 0.5) is 0 Å². The molecule has 1 atom stereocenters. The molecule has 1 aliphatic rings. The van der Waals surface area contributed by atoms with Crippen LogP contribution in [0.15, 0.2) is 54.4 Å². The second-order valence-corrected chi connectivity index (χ2v) is 8.84. The molecule has 11 heteroatoms. The van der Waals surface area contributed by atoms with Crippen LogP contribution in [0.5, 0.6) is 28.7 Å². The summed E-state index contributed by atoms with van der Waals surface area (Å²) in [5.74, 6) is -0.715. The highest BCUT2D eigenvalue weighted by Gasteiger charge is 2.47. The van der Waals surface area contributed by atoms with Gasteiger partial charge in [0.25, 0.3) is 11.7 Å². The predicted molar refractivity (Wildman–Crippen MR) is 143 cm³/mol. The Labute approximate surface area is 230 Å². The van der Waals surface area contributed by atoms with Crippen LogP contribution in [0, 0.1) is 0 Å². The van der Waals surface area contributed by atoms with Gasteiger partial charge in [-0.3, -0.25) is 14.6 Å². The number of benzene rings is 2. The summed E-state index contributed by atoms with van der Waals surface area (Å²) in [5.41, 5.74) is 1.06. The summed E-state index contributed by atoms with van der Waals surface area (Å²) in [6.07, 6.45) is 3.20. The Balaban J connectivity index is 2.00. The molecule has 1 fully saturated rings. The number of likely N-dealkylation sites (tertiary alicyclic amines) is 1. The number of pyridine rings is 1. The average molecular weight is 555 g/mol. The van der Waals surface area contributed by atoms with Gasteiger partial charge in [-0.1, -0.05) is 17.7 Å². The van der Waals surface area contributed by atoms with E-state index in [2.05, 4.69) is 4.98 Å². The topological polar surface area (TPSA) is 117 Å². The molecule has 4 rings (SSSR count). The highest BCUT2D eigenvalue weighted by Crippen LogP contribution is 2.47. The number of hydrogen-bond donors (Lipinski definition) is 1. The van der Waals surface area contributed by atoms with Gasteiger partial charge in [-0.15, -0.1) is 0 Å². The summed E-state index contributed by atoms with van der Waals surface area (Å²) in [6, 6.07) is 8.62. The zero-order valence-electron chi connectivity index (χ0n) is 22.0. The van der Waals surface area contributed by atoms with Crippen molar-refractivity contribution in [3.63, 3.8) is 0 Å². The Kier molecular flexibility index (Phi) is 8.15. The summed E-state index contributed by atoms with van der Waals surface area (Å²) in [6.45, 7) is 0.0387. The molecule has 0 aliphatic carbocycles. The van der Waals surface area contributed by atoms with Gasteiger partial charge in [0.05, 0.1) is 57.8 Å². The Morgan fingerprint density at radius 3 is 2.10 bits per heavy atom. The van der Waals surface area contributed by atoms with E-state index < -0.39 is 23.5 Å². The van der Waals surface area contributed by atoms with E-state index in [9.17, 15) is 14.7 Å². The first-order valence-electron chi connectivity index (χ1n) is 11.7. The van der Waals surface area contributed by atoms with Crippen LogP contribution in [0.3, 0.4) is 0 Å². The number of amides is 1. The quantitative estimate of drug-likeness (QED) is 0.233. The third-order valence-corrected chi connectivity index (χ3v) is 6.64. The summed E-state index contributed by atoms with van der Waals surface area (Å²) in [7, 11) is 7.22. The van der Waals surface area contributed by atoms with Gasteiger partial charge in [-0.2, -0.15) is 0 Å². The van der Waals surface area contributed by atoms with Crippen LogP contribution in [0.25, 0.3) is 5.76 Å². The van der Waals surface area contributed by atoms with Crippen molar-refractivity contribution in [1.29, 1.82) is 0 Å². The SMILES string of the molecule is COc1cc(OC)c(/C(O)=C2\C(=O)C(=O)N(Cc3cccnc3)C2c2cc(OC)c(OC)c(OC)c2)cc1Cl. The maximum absolute atomic E-state index is 13.5. The van der Waals surface area contributed by atoms with E-state index in [4.69, 9.17) is 35.3 Å². The van der Waals surface area contributed by atoms with Crippen molar-refractivity contribution in [1.82, 2.24) is 9.88 Å². The molecule has 1 amide bonds.